The predicted molar refractivity (Wildman–Crippen MR) is 211 cm³/mol. The fourth-order valence-electron chi connectivity index (χ4n) is 7.30. The van der Waals surface area contributed by atoms with Crippen LogP contribution in [0.3, 0.4) is 0 Å². The highest BCUT2D eigenvalue weighted by molar-refractivity contribution is 6.99. The van der Waals surface area contributed by atoms with Crippen LogP contribution in [0, 0.1) is 11.3 Å². The zero-order valence-corrected chi connectivity index (χ0v) is 34.6. The van der Waals surface area contributed by atoms with E-state index in [2.05, 4.69) is 131 Å². The molecule has 2 heterocycles. The Bertz CT molecular complexity index is 1810. The summed E-state index contributed by atoms with van der Waals surface area (Å²) in [6, 6.07) is 21.2. The molecule has 4 aromatic rings. The monoisotopic (exact) mass is 746 g/mol. The first-order valence-electron chi connectivity index (χ1n) is 17.6. The number of anilines is 1. The van der Waals surface area contributed by atoms with Crippen molar-refractivity contribution < 1.29 is 18.4 Å². The SMILES string of the molecule is C=C1[C@@H](C(O[Si](C)C)C(C)(C)C)[C@@H](O[Si](c2ccccc2)(c2ccccc2)C(C)(C)C)C[C@@H]1n1cnc2c(Cl)nc(NC(=O)OC(C)(C)C)nc21. The number of fused-ring (bicyclic) bond motifs is 1. The van der Waals surface area contributed by atoms with Gasteiger partial charge in [-0.05, 0) is 66.7 Å². The van der Waals surface area contributed by atoms with Gasteiger partial charge in [0.05, 0.1) is 24.6 Å². The summed E-state index contributed by atoms with van der Waals surface area (Å²) >= 11 is 6.66. The van der Waals surface area contributed by atoms with Gasteiger partial charge in [-0.1, -0.05) is 120 Å². The molecule has 1 amide bonds. The number of imidazole rings is 1. The molecule has 9 nitrogen and oxygen atoms in total. The fourth-order valence-corrected chi connectivity index (χ4v) is 13.2. The van der Waals surface area contributed by atoms with Gasteiger partial charge in [0.25, 0.3) is 8.32 Å². The number of carbonyl (C=O) groups is 1. The summed E-state index contributed by atoms with van der Waals surface area (Å²) in [4.78, 5) is 26.4. The number of amides is 1. The number of nitrogens with one attached hydrogen (secondary N) is 1. The number of halogens is 1. The minimum atomic E-state index is -2.98. The molecule has 1 fully saturated rings. The zero-order valence-electron chi connectivity index (χ0n) is 31.9. The van der Waals surface area contributed by atoms with Gasteiger partial charge in [-0.3, -0.25) is 5.32 Å². The van der Waals surface area contributed by atoms with E-state index >= 15 is 0 Å². The summed E-state index contributed by atoms with van der Waals surface area (Å²) in [7, 11) is -4.08. The largest absolute Gasteiger partial charge is 0.444 e. The van der Waals surface area contributed by atoms with Gasteiger partial charge in [0.15, 0.2) is 10.8 Å². The van der Waals surface area contributed by atoms with E-state index in [4.69, 9.17) is 36.8 Å². The Morgan fingerprint density at radius 3 is 2.02 bits per heavy atom. The normalized spacial score (nSPS) is 19.5. The van der Waals surface area contributed by atoms with Crippen LogP contribution in [0.15, 0.2) is 79.1 Å². The molecule has 1 saturated carbocycles. The van der Waals surface area contributed by atoms with Crippen LogP contribution < -0.4 is 15.7 Å². The number of ether oxygens (including phenoxy) is 1. The average Bonchev–Trinajstić information content (AvgIpc) is 3.57. The zero-order chi connectivity index (χ0) is 37.5. The van der Waals surface area contributed by atoms with Crippen molar-refractivity contribution in [1.29, 1.82) is 0 Å². The number of hydrogen-bond acceptors (Lipinski definition) is 7. The van der Waals surface area contributed by atoms with Crippen LogP contribution in [0.5, 0.6) is 0 Å². The predicted octanol–water partition coefficient (Wildman–Crippen LogP) is 8.57. The number of hydrogen-bond donors (Lipinski definition) is 1. The van der Waals surface area contributed by atoms with E-state index < -0.39 is 29.1 Å². The van der Waals surface area contributed by atoms with Crippen LogP contribution in [0.1, 0.15) is 74.8 Å². The van der Waals surface area contributed by atoms with Crippen LogP contribution in [0.2, 0.25) is 23.3 Å². The van der Waals surface area contributed by atoms with Gasteiger partial charge >= 0.3 is 6.09 Å². The van der Waals surface area contributed by atoms with Crippen molar-refractivity contribution in [3.8, 4) is 0 Å². The van der Waals surface area contributed by atoms with Gasteiger partial charge in [-0.25, -0.2) is 9.78 Å². The lowest BCUT2D eigenvalue weighted by Gasteiger charge is -2.47. The van der Waals surface area contributed by atoms with Gasteiger partial charge in [-0.15, -0.1) is 0 Å². The van der Waals surface area contributed by atoms with Gasteiger partial charge in [0, 0.05) is 5.92 Å². The highest BCUT2D eigenvalue weighted by atomic mass is 35.5. The first-order chi connectivity index (χ1) is 23.7. The standard InChI is InChI=1S/C39H53ClN5O4Si2/c1-25-28(45-24-41-31-33(40)42-35(43-34(31)45)44-36(46)47-38(5,6)7)23-29(30(25)32(37(2,3)4)48-50(11)12)49-51(39(8,9)10,26-19-15-13-16-20-26)27-21-17-14-18-22-27/h13-22,24,28-30,32H,1,23H2,2-12H3,(H,42,43,44,46)/t28-,29-,30+,32?/m0/s1. The summed E-state index contributed by atoms with van der Waals surface area (Å²) in [6.45, 7) is 28.1. The molecule has 2 aromatic carbocycles. The summed E-state index contributed by atoms with van der Waals surface area (Å²) in [5, 5.41) is 4.97. The number of aromatic nitrogens is 4. The minimum absolute atomic E-state index is 0.0314. The topological polar surface area (TPSA) is 100 Å². The molecule has 5 rings (SSSR count). The first-order valence-corrected chi connectivity index (χ1v) is 22.3. The Morgan fingerprint density at radius 1 is 0.961 bits per heavy atom. The molecule has 1 aliphatic rings. The third-order valence-electron chi connectivity index (χ3n) is 9.33. The summed E-state index contributed by atoms with van der Waals surface area (Å²) in [5.74, 6) is -0.116. The average molecular weight is 748 g/mol. The van der Waals surface area contributed by atoms with E-state index in [1.165, 1.54) is 10.4 Å². The Morgan fingerprint density at radius 2 is 1.53 bits per heavy atom. The second-order valence-electron chi connectivity index (χ2n) is 16.8. The molecule has 273 valence electrons. The smallest absolute Gasteiger partial charge is 0.414 e. The number of nitrogens with zero attached hydrogens (tertiary/aromatic N) is 4. The van der Waals surface area contributed by atoms with E-state index in [0.717, 1.165) is 5.57 Å². The fraction of sp³-hybridized carbons (Fsp3) is 0.487. The summed E-state index contributed by atoms with van der Waals surface area (Å²) < 4.78 is 22.3. The number of benzene rings is 2. The molecule has 0 saturated heterocycles. The molecular weight excluding hydrogens is 694 g/mol. The maximum atomic E-state index is 12.7. The van der Waals surface area contributed by atoms with E-state index in [9.17, 15) is 4.79 Å². The van der Waals surface area contributed by atoms with Crippen LogP contribution in [0.25, 0.3) is 11.2 Å². The van der Waals surface area contributed by atoms with Gasteiger partial charge in [0.1, 0.15) is 11.1 Å². The molecule has 0 aliphatic heterocycles. The van der Waals surface area contributed by atoms with Crippen molar-refractivity contribution in [3.05, 3.63) is 84.3 Å². The van der Waals surface area contributed by atoms with Crippen molar-refractivity contribution in [2.45, 2.75) is 111 Å². The number of carbonyl (C=O) groups excluding carboxylic acids is 1. The lowest BCUT2D eigenvalue weighted by molar-refractivity contribution is 0.00357. The highest BCUT2D eigenvalue weighted by Crippen LogP contribution is 2.50. The highest BCUT2D eigenvalue weighted by Gasteiger charge is 2.56. The molecular formula is C39H53ClN5O4Si2. The Balaban J connectivity index is 1.67. The van der Waals surface area contributed by atoms with Gasteiger partial charge in [0.2, 0.25) is 15.0 Å². The Kier molecular flexibility index (Phi) is 11.1. The van der Waals surface area contributed by atoms with E-state index in [1.807, 2.05) is 4.57 Å². The summed E-state index contributed by atoms with van der Waals surface area (Å²) in [5.41, 5.74) is 0.992. The second kappa shape index (κ2) is 14.6. The minimum Gasteiger partial charge on any atom is -0.444 e. The molecule has 4 atom stereocenters. The molecule has 1 unspecified atom stereocenters. The lowest BCUT2D eigenvalue weighted by atomic mass is 9.78. The molecule has 2 aromatic heterocycles. The van der Waals surface area contributed by atoms with Crippen molar-refractivity contribution in [2.24, 2.45) is 11.3 Å². The van der Waals surface area contributed by atoms with Gasteiger partial charge < -0.3 is 18.2 Å². The summed E-state index contributed by atoms with van der Waals surface area (Å²) in [6.07, 6.45) is 1.26. The Hall–Kier alpha value is -3.36. The molecule has 0 spiro atoms. The maximum Gasteiger partial charge on any atom is 0.414 e. The van der Waals surface area contributed by atoms with Crippen molar-refractivity contribution in [3.63, 3.8) is 0 Å². The van der Waals surface area contributed by atoms with Crippen molar-refractivity contribution >= 4 is 62.5 Å². The molecule has 12 heteroatoms. The molecule has 0 bridgehead atoms. The van der Waals surface area contributed by atoms with E-state index in [0.29, 0.717) is 17.6 Å². The number of rotatable bonds is 9. The first kappa shape index (κ1) is 38.9. The maximum absolute atomic E-state index is 12.7. The molecule has 51 heavy (non-hydrogen) atoms. The van der Waals surface area contributed by atoms with Crippen LogP contribution in [-0.4, -0.2) is 60.8 Å². The molecule has 1 radical (unpaired) electrons. The quantitative estimate of drug-likeness (QED) is 0.104. The van der Waals surface area contributed by atoms with Crippen LogP contribution >= 0.6 is 11.6 Å². The Labute approximate surface area is 311 Å². The lowest BCUT2D eigenvalue weighted by Crippen LogP contribution is -2.68. The van der Waals surface area contributed by atoms with Crippen molar-refractivity contribution in [1.82, 2.24) is 19.5 Å². The molecule has 1 N–H and O–H groups in total. The van der Waals surface area contributed by atoms with Crippen molar-refractivity contribution in [2.75, 3.05) is 5.32 Å². The van der Waals surface area contributed by atoms with Crippen LogP contribution in [-0.2, 0) is 13.6 Å². The molecule has 1 aliphatic carbocycles. The van der Waals surface area contributed by atoms with E-state index in [1.54, 1.807) is 27.1 Å². The third kappa shape index (κ3) is 8.17. The van der Waals surface area contributed by atoms with Crippen LogP contribution in [0.4, 0.5) is 10.7 Å². The van der Waals surface area contributed by atoms with E-state index in [-0.39, 0.29) is 45.7 Å². The third-order valence-corrected chi connectivity index (χ3v) is 15.4. The second-order valence-corrected chi connectivity index (χ2v) is 23.4. The van der Waals surface area contributed by atoms with Gasteiger partial charge in [-0.2, -0.15) is 9.97 Å².